The predicted molar refractivity (Wildman–Crippen MR) is 119 cm³/mol. The van der Waals surface area contributed by atoms with E-state index < -0.39 is 16.1 Å². The van der Waals surface area contributed by atoms with Crippen LogP contribution in [0.4, 0.5) is 0 Å². The zero-order valence-electron chi connectivity index (χ0n) is 18.3. The summed E-state index contributed by atoms with van der Waals surface area (Å²) in [6.07, 6.45) is 1.90. The molecule has 1 aromatic rings. The van der Waals surface area contributed by atoms with Crippen LogP contribution in [0, 0.1) is 0 Å². The number of likely N-dealkylation sites (N-methyl/N-ethyl adjacent to an activating group) is 1. The number of nitrogens with zero attached hydrogens (tertiary/aromatic N) is 3. The molecule has 2 saturated heterocycles. The SMILES string of the molecule is CCCS(=O)(=O)N1CCCC1C(=O)NCc1ccccc1CN1CCN(CC)CC1. The Bertz CT molecular complexity index is 806. The van der Waals surface area contributed by atoms with Crippen LogP contribution in [0.5, 0.6) is 0 Å². The molecule has 2 aliphatic heterocycles. The topological polar surface area (TPSA) is 73.0 Å². The average Bonchev–Trinajstić information content (AvgIpc) is 3.25. The molecule has 30 heavy (non-hydrogen) atoms. The van der Waals surface area contributed by atoms with Gasteiger partial charge in [0.15, 0.2) is 0 Å². The Kier molecular flexibility index (Phi) is 8.27. The van der Waals surface area contributed by atoms with Crippen molar-refractivity contribution in [3.63, 3.8) is 0 Å². The van der Waals surface area contributed by atoms with Gasteiger partial charge in [-0.05, 0) is 36.9 Å². The van der Waals surface area contributed by atoms with Crippen molar-refractivity contribution in [3.05, 3.63) is 35.4 Å². The normalized spacial score (nSPS) is 21.7. The van der Waals surface area contributed by atoms with Gasteiger partial charge < -0.3 is 10.2 Å². The summed E-state index contributed by atoms with van der Waals surface area (Å²) in [6, 6.07) is 7.64. The fraction of sp³-hybridized carbons (Fsp3) is 0.682. The lowest BCUT2D eigenvalue weighted by molar-refractivity contribution is -0.124. The van der Waals surface area contributed by atoms with Crippen molar-refractivity contribution in [3.8, 4) is 0 Å². The van der Waals surface area contributed by atoms with E-state index in [0.29, 0.717) is 25.9 Å². The van der Waals surface area contributed by atoms with Gasteiger partial charge in [-0.3, -0.25) is 9.69 Å². The van der Waals surface area contributed by atoms with Crippen molar-refractivity contribution < 1.29 is 13.2 Å². The molecule has 2 fully saturated rings. The molecule has 1 amide bonds. The van der Waals surface area contributed by atoms with Gasteiger partial charge in [-0.1, -0.05) is 38.1 Å². The summed E-state index contributed by atoms with van der Waals surface area (Å²) in [5, 5.41) is 3.01. The fourth-order valence-corrected chi connectivity index (χ4v) is 6.15. The third kappa shape index (κ3) is 5.81. The summed E-state index contributed by atoms with van der Waals surface area (Å²) in [6.45, 7) is 11.2. The number of piperazine rings is 1. The molecule has 0 bridgehead atoms. The summed E-state index contributed by atoms with van der Waals surface area (Å²) in [5.74, 6) is -0.0798. The molecule has 1 atom stereocenters. The lowest BCUT2D eigenvalue weighted by Crippen LogP contribution is -2.46. The first kappa shape index (κ1) is 23.2. The number of carbonyl (C=O) groups excluding carboxylic acids is 1. The molecular formula is C22H36N4O3S. The van der Waals surface area contributed by atoms with Crippen molar-refractivity contribution >= 4 is 15.9 Å². The van der Waals surface area contributed by atoms with E-state index in [1.807, 2.05) is 19.1 Å². The highest BCUT2D eigenvalue weighted by molar-refractivity contribution is 7.89. The first-order valence-corrected chi connectivity index (χ1v) is 12.8. The minimum atomic E-state index is -3.36. The summed E-state index contributed by atoms with van der Waals surface area (Å²) in [5.41, 5.74) is 2.33. The molecule has 2 heterocycles. The Morgan fingerprint density at radius 2 is 1.70 bits per heavy atom. The van der Waals surface area contributed by atoms with E-state index in [1.165, 1.54) is 9.87 Å². The van der Waals surface area contributed by atoms with Crippen LogP contribution in [0.15, 0.2) is 24.3 Å². The molecule has 0 aliphatic carbocycles. The molecule has 1 unspecified atom stereocenters. The maximum Gasteiger partial charge on any atom is 0.238 e. The Morgan fingerprint density at radius 3 is 2.37 bits per heavy atom. The number of rotatable bonds is 9. The van der Waals surface area contributed by atoms with E-state index >= 15 is 0 Å². The number of nitrogens with one attached hydrogen (secondary N) is 1. The minimum absolute atomic E-state index is 0.102. The first-order valence-electron chi connectivity index (χ1n) is 11.2. The molecule has 2 aliphatic rings. The number of amides is 1. The van der Waals surface area contributed by atoms with Gasteiger partial charge >= 0.3 is 0 Å². The smallest absolute Gasteiger partial charge is 0.238 e. The zero-order chi connectivity index (χ0) is 21.6. The third-order valence-corrected chi connectivity index (χ3v) is 8.28. The minimum Gasteiger partial charge on any atom is -0.351 e. The van der Waals surface area contributed by atoms with Crippen LogP contribution in [-0.2, 0) is 27.9 Å². The molecule has 168 valence electrons. The zero-order valence-corrected chi connectivity index (χ0v) is 19.2. The fourth-order valence-electron chi connectivity index (χ4n) is 4.40. The largest absolute Gasteiger partial charge is 0.351 e. The van der Waals surface area contributed by atoms with Gasteiger partial charge in [0.1, 0.15) is 6.04 Å². The Balaban J connectivity index is 1.59. The van der Waals surface area contributed by atoms with Crippen LogP contribution in [0.2, 0.25) is 0 Å². The Labute approximate surface area is 181 Å². The number of benzene rings is 1. The second kappa shape index (κ2) is 10.7. The van der Waals surface area contributed by atoms with E-state index in [1.54, 1.807) is 0 Å². The molecule has 3 rings (SSSR count). The van der Waals surface area contributed by atoms with Gasteiger partial charge in [-0.25, -0.2) is 8.42 Å². The van der Waals surface area contributed by atoms with Gasteiger partial charge in [-0.2, -0.15) is 4.31 Å². The van der Waals surface area contributed by atoms with Crippen molar-refractivity contribution in [1.82, 2.24) is 19.4 Å². The highest BCUT2D eigenvalue weighted by Gasteiger charge is 2.37. The van der Waals surface area contributed by atoms with Crippen LogP contribution in [-0.4, -0.2) is 79.5 Å². The van der Waals surface area contributed by atoms with E-state index in [2.05, 4.69) is 34.2 Å². The van der Waals surface area contributed by atoms with Crippen molar-refractivity contribution in [2.45, 2.75) is 52.2 Å². The van der Waals surface area contributed by atoms with Crippen LogP contribution < -0.4 is 5.32 Å². The Morgan fingerprint density at radius 1 is 1.03 bits per heavy atom. The van der Waals surface area contributed by atoms with Crippen LogP contribution in [0.3, 0.4) is 0 Å². The first-order chi connectivity index (χ1) is 14.4. The van der Waals surface area contributed by atoms with E-state index in [4.69, 9.17) is 0 Å². The summed E-state index contributed by atoms with van der Waals surface area (Å²) >= 11 is 0. The second-order valence-corrected chi connectivity index (χ2v) is 10.3. The van der Waals surface area contributed by atoms with Gasteiger partial charge in [0.2, 0.25) is 15.9 Å². The summed E-state index contributed by atoms with van der Waals surface area (Å²) in [7, 11) is -3.36. The molecule has 0 spiro atoms. The lowest BCUT2D eigenvalue weighted by atomic mass is 10.1. The second-order valence-electron chi connectivity index (χ2n) is 8.28. The molecule has 0 saturated carbocycles. The summed E-state index contributed by atoms with van der Waals surface area (Å²) in [4.78, 5) is 17.7. The van der Waals surface area contributed by atoms with Gasteiger partial charge in [0.25, 0.3) is 0 Å². The molecule has 1 aromatic carbocycles. The summed E-state index contributed by atoms with van der Waals surface area (Å²) < 4.78 is 26.4. The number of hydrogen-bond acceptors (Lipinski definition) is 5. The highest BCUT2D eigenvalue weighted by Crippen LogP contribution is 2.22. The number of sulfonamides is 1. The molecule has 8 heteroatoms. The highest BCUT2D eigenvalue weighted by atomic mass is 32.2. The lowest BCUT2D eigenvalue weighted by Gasteiger charge is -2.34. The monoisotopic (exact) mass is 436 g/mol. The Hall–Kier alpha value is -1.48. The maximum atomic E-state index is 12.8. The molecule has 0 aromatic heterocycles. The third-order valence-electron chi connectivity index (χ3n) is 6.20. The number of hydrogen-bond donors (Lipinski definition) is 1. The molecule has 0 radical (unpaired) electrons. The van der Waals surface area contributed by atoms with Crippen molar-refractivity contribution in [1.29, 1.82) is 0 Å². The van der Waals surface area contributed by atoms with Crippen LogP contribution in [0.1, 0.15) is 44.2 Å². The van der Waals surface area contributed by atoms with E-state index in [-0.39, 0.29) is 11.7 Å². The van der Waals surface area contributed by atoms with Gasteiger partial charge in [0.05, 0.1) is 5.75 Å². The average molecular weight is 437 g/mol. The van der Waals surface area contributed by atoms with Crippen molar-refractivity contribution in [2.24, 2.45) is 0 Å². The number of carbonyl (C=O) groups is 1. The van der Waals surface area contributed by atoms with Gasteiger partial charge in [-0.15, -0.1) is 0 Å². The van der Waals surface area contributed by atoms with Crippen LogP contribution in [0.25, 0.3) is 0 Å². The maximum absolute atomic E-state index is 12.8. The van der Waals surface area contributed by atoms with Gasteiger partial charge in [0, 0.05) is 45.8 Å². The predicted octanol–water partition coefficient (Wildman–Crippen LogP) is 1.64. The molecular weight excluding hydrogens is 400 g/mol. The molecule has 1 N–H and O–H groups in total. The quantitative estimate of drug-likeness (QED) is 0.637. The molecule has 7 nitrogen and oxygen atoms in total. The van der Waals surface area contributed by atoms with E-state index in [9.17, 15) is 13.2 Å². The van der Waals surface area contributed by atoms with E-state index in [0.717, 1.165) is 51.3 Å². The standard InChI is InChI=1S/C22H36N4O3S/c1-3-16-30(28,29)26-11-7-10-21(26)22(27)23-17-19-8-5-6-9-20(19)18-25-14-12-24(4-2)13-15-25/h5-6,8-9,21H,3-4,7,10-18H2,1-2H3,(H,23,27). The van der Waals surface area contributed by atoms with Crippen LogP contribution >= 0.6 is 0 Å². The van der Waals surface area contributed by atoms with Crippen molar-refractivity contribution in [2.75, 3.05) is 45.0 Å².